The highest BCUT2D eigenvalue weighted by Gasteiger charge is 2.41. The van der Waals surface area contributed by atoms with Gasteiger partial charge >= 0.3 is 6.18 Å². The van der Waals surface area contributed by atoms with Crippen molar-refractivity contribution in [1.29, 1.82) is 0 Å². The third-order valence-corrected chi connectivity index (χ3v) is 5.02. The lowest BCUT2D eigenvalue weighted by atomic mass is 10.0. The highest BCUT2D eigenvalue weighted by Crippen LogP contribution is 2.35. The molecule has 178 valence electrons. The fraction of sp³-hybridized carbons (Fsp3) is 0.474. The number of benzene rings is 1. The number of imidazole rings is 1. The van der Waals surface area contributed by atoms with Crippen LogP contribution in [0.5, 0.6) is 0 Å². The number of halogens is 7. The van der Waals surface area contributed by atoms with Gasteiger partial charge in [0, 0.05) is 45.7 Å². The molecule has 1 aromatic carbocycles. The molecule has 3 rings (SSSR count). The quantitative estimate of drug-likeness (QED) is 0.522. The maximum absolute atomic E-state index is 13.8. The Bertz CT molecular complexity index is 994. The molecule has 0 spiro atoms. The zero-order valence-electron chi connectivity index (χ0n) is 17.2. The molecule has 1 aliphatic rings. The summed E-state index contributed by atoms with van der Waals surface area (Å²) in [5.74, 6) is -4.89. The van der Waals surface area contributed by atoms with Crippen molar-refractivity contribution in [3.8, 4) is 0 Å². The summed E-state index contributed by atoms with van der Waals surface area (Å²) in [5, 5.41) is 0. The molecule has 2 N–H and O–H groups in total. The van der Waals surface area contributed by atoms with E-state index in [4.69, 9.17) is 5.73 Å². The van der Waals surface area contributed by atoms with Gasteiger partial charge in [0.15, 0.2) is 17.5 Å². The third-order valence-electron chi connectivity index (χ3n) is 5.02. The summed E-state index contributed by atoms with van der Waals surface area (Å²) in [5.41, 5.74) is 5.98. The summed E-state index contributed by atoms with van der Waals surface area (Å²) in [7, 11) is 3.10. The minimum Gasteiger partial charge on any atom is -0.361 e. The average molecular weight is 486 g/mol. The molecule has 32 heavy (non-hydrogen) atoms. The van der Waals surface area contributed by atoms with Crippen molar-refractivity contribution in [1.82, 2.24) is 14.5 Å². The SMILES string of the molecule is CN(C)c1nc(C(F)(F)F)n2c1CN(C(=O)CC(N)Cc1cc(F)c(F)cc1F)CC2.Cl. The molecule has 1 unspecified atom stereocenters. The summed E-state index contributed by atoms with van der Waals surface area (Å²) in [6.07, 6.45) is -5.08. The van der Waals surface area contributed by atoms with E-state index in [1.54, 1.807) is 14.1 Å². The smallest absolute Gasteiger partial charge is 0.361 e. The average Bonchev–Trinajstić information content (AvgIpc) is 3.05. The lowest BCUT2D eigenvalue weighted by molar-refractivity contribution is -0.148. The second-order valence-electron chi connectivity index (χ2n) is 7.59. The standard InChI is InChI=1S/C19H21F6N5O.ClH/c1-28(2)17-15-9-29(3-4-30(15)18(27-17)19(23,24)25)16(31)7-11(26)5-10-6-13(21)14(22)8-12(10)20;/h6,8,11H,3-5,7,9,26H2,1-2H3;1H. The lowest BCUT2D eigenvalue weighted by Crippen LogP contribution is -2.42. The molecule has 1 aromatic heterocycles. The molecule has 0 radical (unpaired) electrons. The Balaban J connectivity index is 0.00000363. The molecule has 13 heteroatoms. The van der Waals surface area contributed by atoms with Gasteiger partial charge in [0.1, 0.15) is 5.82 Å². The first-order valence-corrected chi connectivity index (χ1v) is 9.39. The monoisotopic (exact) mass is 485 g/mol. The zero-order chi connectivity index (χ0) is 23.1. The van der Waals surface area contributed by atoms with Gasteiger partial charge in [-0.15, -0.1) is 12.4 Å². The number of nitrogens with two attached hydrogens (primary N) is 1. The van der Waals surface area contributed by atoms with Crippen molar-refractivity contribution in [2.45, 2.75) is 38.1 Å². The van der Waals surface area contributed by atoms with Gasteiger partial charge in [-0.2, -0.15) is 13.2 Å². The maximum Gasteiger partial charge on any atom is 0.449 e. The van der Waals surface area contributed by atoms with Crippen molar-refractivity contribution >= 4 is 24.1 Å². The van der Waals surface area contributed by atoms with Crippen LogP contribution in [0.1, 0.15) is 23.5 Å². The largest absolute Gasteiger partial charge is 0.449 e. The van der Waals surface area contributed by atoms with Gasteiger partial charge in [-0.25, -0.2) is 18.2 Å². The molecule has 0 bridgehead atoms. The van der Waals surface area contributed by atoms with Crippen molar-refractivity contribution < 1.29 is 31.1 Å². The van der Waals surface area contributed by atoms with Crippen LogP contribution in [0.15, 0.2) is 12.1 Å². The highest BCUT2D eigenvalue weighted by molar-refractivity contribution is 5.85. The predicted molar refractivity (Wildman–Crippen MR) is 107 cm³/mol. The molecule has 0 saturated heterocycles. The Labute approximate surface area is 186 Å². The number of carbonyl (C=O) groups is 1. The van der Waals surface area contributed by atoms with Crippen LogP contribution >= 0.6 is 12.4 Å². The molecule has 2 heterocycles. The van der Waals surface area contributed by atoms with Gasteiger partial charge in [0.2, 0.25) is 11.7 Å². The van der Waals surface area contributed by atoms with Gasteiger partial charge in [-0.3, -0.25) is 4.79 Å². The number of alkyl halides is 3. The van der Waals surface area contributed by atoms with Crippen LogP contribution in [0, 0.1) is 17.5 Å². The van der Waals surface area contributed by atoms with E-state index in [0.717, 1.165) is 4.57 Å². The minimum absolute atomic E-state index is 0. The van der Waals surface area contributed by atoms with E-state index in [0.29, 0.717) is 12.1 Å². The molecule has 6 nitrogen and oxygen atoms in total. The number of anilines is 1. The predicted octanol–water partition coefficient (Wildman–Crippen LogP) is 3.11. The van der Waals surface area contributed by atoms with E-state index in [9.17, 15) is 31.1 Å². The molecular formula is C19H22ClF6N5O. The zero-order valence-corrected chi connectivity index (χ0v) is 18.0. The molecule has 0 aliphatic carbocycles. The number of hydrogen-bond acceptors (Lipinski definition) is 4. The van der Waals surface area contributed by atoms with Crippen molar-refractivity contribution in [2.24, 2.45) is 5.73 Å². The van der Waals surface area contributed by atoms with Gasteiger partial charge < -0.3 is 20.1 Å². The Morgan fingerprint density at radius 2 is 1.78 bits per heavy atom. The van der Waals surface area contributed by atoms with Crippen LogP contribution in [0.3, 0.4) is 0 Å². The molecule has 0 fully saturated rings. The van der Waals surface area contributed by atoms with E-state index in [2.05, 4.69) is 4.98 Å². The number of carbonyl (C=O) groups excluding carboxylic acids is 1. The number of fused-ring (bicyclic) bond motifs is 1. The number of rotatable bonds is 5. The summed E-state index contributed by atoms with van der Waals surface area (Å²) in [6, 6.07) is 0.209. The maximum atomic E-state index is 13.8. The van der Waals surface area contributed by atoms with E-state index in [-0.39, 0.29) is 62.0 Å². The summed E-state index contributed by atoms with van der Waals surface area (Å²) < 4.78 is 81.1. The summed E-state index contributed by atoms with van der Waals surface area (Å²) in [6.45, 7) is -0.171. The Hall–Kier alpha value is -2.47. The number of amides is 1. The molecule has 1 atom stereocenters. The van der Waals surface area contributed by atoms with Crippen molar-refractivity contribution in [2.75, 3.05) is 25.5 Å². The van der Waals surface area contributed by atoms with Gasteiger partial charge in [0.25, 0.3) is 0 Å². The molecule has 1 aliphatic heterocycles. The first-order chi connectivity index (χ1) is 14.4. The van der Waals surface area contributed by atoms with Crippen LogP contribution in [-0.2, 0) is 30.5 Å². The number of aromatic nitrogens is 2. The highest BCUT2D eigenvalue weighted by atomic mass is 35.5. The van der Waals surface area contributed by atoms with Crippen LogP contribution < -0.4 is 10.6 Å². The van der Waals surface area contributed by atoms with Gasteiger partial charge in [-0.05, 0) is 18.1 Å². The Morgan fingerprint density at radius 1 is 1.16 bits per heavy atom. The second-order valence-corrected chi connectivity index (χ2v) is 7.59. The summed E-state index contributed by atoms with van der Waals surface area (Å²) >= 11 is 0. The third kappa shape index (κ3) is 5.29. The van der Waals surface area contributed by atoms with E-state index in [1.165, 1.54) is 9.80 Å². The molecule has 0 saturated carbocycles. The topological polar surface area (TPSA) is 67.4 Å². The minimum atomic E-state index is -4.63. The Kier molecular flexibility index (Phi) is 7.71. The molecule has 2 aromatic rings. The van der Waals surface area contributed by atoms with E-state index in [1.807, 2.05) is 0 Å². The van der Waals surface area contributed by atoms with Crippen LogP contribution in [0.2, 0.25) is 0 Å². The molecule has 1 amide bonds. The normalized spacial score (nSPS) is 14.6. The Morgan fingerprint density at radius 3 is 2.38 bits per heavy atom. The van der Waals surface area contributed by atoms with Crippen LogP contribution in [0.25, 0.3) is 0 Å². The fourth-order valence-corrected chi connectivity index (χ4v) is 3.57. The fourth-order valence-electron chi connectivity index (χ4n) is 3.57. The first kappa shape index (κ1) is 25.8. The number of hydrogen-bond donors (Lipinski definition) is 1. The van der Waals surface area contributed by atoms with Gasteiger partial charge in [0.05, 0.1) is 12.2 Å². The van der Waals surface area contributed by atoms with Crippen LogP contribution in [-0.4, -0.2) is 47.0 Å². The second kappa shape index (κ2) is 9.57. The summed E-state index contributed by atoms with van der Waals surface area (Å²) in [4.78, 5) is 19.1. The molecular weight excluding hydrogens is 464 g/mol. The van der Waals surface area contributed by atoms with E-state index >= 15 is 0 Å². The van der Waals surface area contributed by atoms with Crippen molar-refractivity contribution in [3.63, 3.8) is 0 Å². The lowest BCUT2D eigenvalue weighted by Gasteiger charge is -2.31. The van der Waals surface area contributed by atoms with Gasteiger partial charge in [-0.1, -0.05) is 0 Å². The first-order valence-electron chi connectivity index (χ1n) is 9.39. The van der Waals surface area contributed by atoms with E-state index < -0.39 is 41.4 Å². The van der Waals surface area contributed by atoms with Crippen LogP contribution in [0.4, 0.5) is 32.2 Å². The number of nitrogens with zero attached hydrogens (tertiary/aromatic N) is 4. The van der Waals surface area contributed by atoms with Crippen molar-refractivity contribution in [3.05, 3.63) is 46.7 Å².